The number of anilines is 1. The quantitative estimate of drug-likeness (QED) is 0.724. The predicted molar refractivity (Wildman–Crippen MR) is 90.9 cm³/mol. The maximum Gasteiger partial charge on any atom is 0.0474 e. The molecule has 1 aromatic carbocycles. The van der Waals surface area contributed by atoms with E-state index in [4.69, 9.17) is 11.6 Å². The van der Waals surface area contributed by atoms with Crippen LogP contribution in [0.1, 0.15) is 59.1 Å². The molecule has 0 aliphatic rings. The first kappa shape index (κ1) is 17.3. The van der Waals surface area contributed by atoms with Crippen molar-refractivity contribution in [3.63, 3.8) is 0 Å². The first-order chi connectivity index (χ1) is 9.54. The summed E-state index contributed by atoms with van der Waals surface area (Å²) in [5, 5.41) is 4.35. The summed E-state index contributed by atoms with van der Waals surface area (Å²) in [4.78, 5) is 2.40. The summed E-state index contributed by atoms with van der Waals surface area (Å²) >= 11 is 6.49. The lowest BCUT2D eigenvalue weighted by atomic mass is 10.1. The molecular weight excluding hydrogens is 268 g/mol. The molecule has 20 heavy (non-hydrogen) atoms. The molecule has 1 N–H and O–H groups in total. The van der Waals surface area contributed by atoms with E-state index >= 15 is 0 Å². The molecule has 0 bridgehead atoms. The molecule has 2 atom stereocenters. The van der Waals surface area contributed by atoms with E-state index in [2.05, 4.69) is 63.0 Å². The highest BCUT2D eigenvalue weighted by Gasteiger charge is 2.14. The van der Waals surface area contributed by atoms with E-state index in [0.717, 1.165) is 31.0 Å². The van der Waals surface area contributed by atoms with Crippen molar-refractivity contribution in [2.45, 2.75) is 59.5 Å². The van der Waals surface area contributed by atoms with E-state index in [-0.39, 0.29) is 0 Å². The van der Waals surface area contributed by atoms with Crippen LogP contribution in [0, 0.1) is 0 Å². The van der Waals surface area contributed by atoms with Crippen molar-refractivity contribution < 1.29 is 0 Å². The lowest BCUT2D eigenvalue weighted by Crippen LogP contribution is -2.32. The van der Waals surface area contributed by atoms with Gasteiger partial charge in [-0.1, -0.05) is 31.5 Å². The summed E-state index contributed by atoms with van der Waals surface area (Å²) in [7, 11) is 0. The zero-order valence-electron chi connectivity index (χ0n) is 13.5. The van der Waals surface area contributed by atoms with Crippen LogP contribution in [-0.4, -0.2) is 19.1 Å². The number of rotatable bonds is 8. The molecule has 0 radical (unpaired) electrons. The van der Waals surface area contributed by atoms with E-state index in [9.17, 15) is 0 Å². The Hall–Kier alpha value is -0.730. The van der Waals surface area contributed by atoms with Crippen LogP contribution in [0.5, 0.6) is 0 Å². The Kier molecular flexibility index (Phi) is 7.39. The highest BCUT2D eigenvalue weighted by molar-refractivity contribution is 6.31. The Morgan fingerprint density at radius 2 is 1.90 bits per heavy atom. The maximum absolute atomic E-state index is 6.49. The van der Waals surface area contributed by atoms with E-state index in [1.807, 2.05) is 0 Å². The molecule has 2 unspecified atom stereocenters. The minimum absolute atomic E-state index is 0.301. The number of benzene rings is 1. The molecule has 114 valence electrons. The van der Waals surface area contributed by atoms with Crippen LogP contribution >= 0.6 is 11.6 Å². The van der Waals surface area contributed by atoms with Gasteiger partial charge in [-0.3, -0.25) is 0 Å². The average molecular weight is 297 g/mol. The third-order valence-electron chi connectivity index (χ3n) is 3.95. The van der Waals surface area contributed by atoms with Gasteiger partial charge in [-0.05, 0) is 57.9 Å². The van der Waals surface area contributed by atoms with Crippen molar-refractivity contribution in [1.82, 2.24) is 5.32 Å². The second-order valence-electron chi connectivity index (χ2n) is 5.42. The number of hydrogen-bond acceptors (Lipinski definition) is 2. The molecule has 0 spiro atoms. The molecule has 0 aliphatic carbocycles. The largest absolute Gasteiger partial charge is 0.369 e. The van der Waals surface area contributed by atoms with Crippen LogP contribution in [0.2, 0.25) is 5.02 Å². The molecule has 2 nitrogen and oxygen atoms in total. The fraction of sp³-hybridized carbons (Fsp3) is 0.647. The smallest absolute Gasteiger partial charge is 0.0474 e. The molecule has 3 heteroatoms. The van der Waals surface area contributed by atoms with Gasteiger partial charge in [0.15, 0.2) is 0 Å². The van der Waals surface area contributed by atoms with Crippen molar-refractivity contribution in [3.05, 3.63) is 28.8 Å². The van der Waals surface area contributed by atoms with Crippen molar-refractivity contribution in [2.24, 2.45) is 0 Å². The molecule has 0 saturated carbocycles. The minimum Gasteiger partial charge on any atom is -0.369 e. The van der Waals surface area contributed by atoms with Gasteiger partial charge in [-0.25, -0.2) is 0 Å². The first-order valence-electron chi connectivity index (χ1n) is 7.84. The third kappa shape index (κ3) is 4.39. The average Bonchev–Trinajstić information content (AvgIpc) is 2.45. The number of halogens is 1. The Morgan fingerprint density at radius 3 is 2.40 bits per heavy atom. The Bertz CT molecular complexity index is 406. The lowest BCUT2D eigenvalue weighted by Gasteiger charge is -2.30. The minimum atomic E-state index is 0.301. The monoisotopic (exact) mass is 296 g/mol. The summed E-state index contributed by atoms with van der Waals surface area (Å²) in [5.74, 6) is 0. The molecule has 0 heterocycles. The SMILES string of the molecule is CCCNC(C)c1ccc(N(CC)C(C)CC)cc1Cl. The summed E-state index contributed by atoms with van der Waals surface area (Å²) in [6, 6.07) is 7.31. The molecule has 1 rings (SSSR count). The van der Waals surface area contributed by atoms with Crippen LogP contribution in [-0.2, 0) is 0 Å². The maximum atomic E-state index is 6.49. The summed E-state index contributed by atoms with van der Waals surface area (Å²) in [6.45, 7) is 13.1. The predicted octanol–water partition coefficient (Wildman–Crippen LogP) is 5.03. The van der Waals surface area contributed by atoms with Crippen molar-refractivity contribution in [2.75, 3.05) is 18.0 Å². The molecular formula is C17H29ClN2. The van der Waals surface area contributed by atoms with Crippen LogP contribution < -0.4 is 10.2 Å². The molecule has 0 amide bonds. The van der Waals surface area contributed by atoms with Gasteiger partial charge in [0.2, 0.25) is 0 Å². The Morgan fingerprint density at radius 1 is 1.20 bits per heavy atom. The van der Waals surface area contributed by atoms with Gasteiger partial charge >= 0.3 is 0 Å². The van der Waals surface area contributed by atoms with Crippen LogP contribution in [0.3, 0.4) is 0 Å². The van der Waals surface area contributed by atoms with E-state index in [1.165, 1.54) is 11.3 Å². The van der Waals surface area contributed by atoms with Crippen LogP contribution in [0.15, 0.2) is 18.2 Å². The molecule has 1 aromatic rings. The van der Waals surface area contributed by atoms with Crippen LogP contribution in [0.4, 0.5) is 5.69 Å². The molecule has 0 saturated heterocycles. The highest BCUT2D eigenvalue weighted by Crippen LogP contribution is 2.29. The number of nitrogens with one attached hydrogen (secondary N) is 1. The molecule has 0 fully saturated rings. The van der Waals surface area contributed by atoms with Gasteiger partial charge in [0.25, 0.3) is 0 Å². The number of nitrogens with zero attached hydrogens (tertiary/aromatic N) is 1. The Balaban J connectivity index is 2.91. The second-order valence-corrected chi connectivity index (χ2v) is 5.83. The second kappa shape index (κ2) is 8.53. The van der Waals surface area contributed by atoms with Crippen molar-refractivity contribution >= 4 is 17.3 Å². The number of hydrogen-bond donors (Lipinski definition) is 1. The topological polar surface area (TPSA) is 15.3 Å². The fourth-order valence-electron chi connectivity index (χ4n) is 2.49. The fourth-order valence-corrected chi connectivity index (χ4v) is 2.82. The zero-order valence-corrected chi connectivity index (χ0v) is 14.3. The molecule has 0 aromatic heterocycles. The summed E-state index contributed by atoms with van der Waals surface area (Å²) < 4.78 is 0. The van der Waals surface area contributed by atoms with E-state index in [1.54, 1.807) is 0 Å². The van der Waals surface area contributed by atoms with E-state index < -0.39 is 0 Å². The van der Waals surface area contributed by atoms with Gasteiger partial charge in [0.05, 0.1) is 0 Å². The van der Waals surface area contributed by atoms with Gasteiger partial charge in [0.1, 0.15) is 0 Å². The molecule has 0 aliphatic heterocycles. The normalized spacial score (nSPS) is 14.1. The van der Waals surface area contributed by atoms with Gasteiger partial charge in [-0.2, -0.15) is 0 Å². The summed E-state index contributed by atoms with van der Waals surface area (Å²) in [5.41, 5.74) is 2.40. The Labute approximate surface area is 129 Å². The standard InChI is InChI=1S/C17H29ClN2/c1-6-11-19-14(5)16-10-9-15(12-17(16)18)20(8-3)13(4)7-2/h9-10,12-14,19H,6-8,11H2,1-5H3. The van der Waals surface area contributed by atoms with Gasteiger partial charge < -0.3 is 10.2 Å². The van der Waals surface area contributed by atoms with Crippen LogP contribution in [0.25, 0.3) is 0 Å². The van der Waals surface area contributed by atoms with Gasteiger partial charge in [0, 0.05) is 29.3 Å². The third-order valence-corrected chi connectivity index (χ3v) is 4.27. The summed E-state index contributed by atoms with van der Waals surface area (Å²) in [6.07, 6.45) is 2.28. The highest BCUT2D eigenvalue weighted by atomic mass is 35.5. The lowest BCUT2D eigenvalue weighted by molar-refractivity contribution is 0.570. The zero-order chi connectivity index (χ0) is 15.1. The van der Waals surface area contributed by atoms with Gasteiger partial charge in [-0.15, -0.1) is 0 Å². The van der Waals surface area contributed by atoms with E-state index in [0.29, 0.717) is 12.1 Å². The first-order valence-corrected chi connectivity index (χ1v) is 8.22. The van der Waals surface area contributed by atoms with Crippen molar-refractivity contribution in [3.8, 4) is 0 Å². The van der Waals surface area contributed by atoms with Crippen molar-refractivity contribution in [1.29, 1.82) is 0 Å².